The molecule has 8 heteroatoms. The van der Waals surface area contributed by atoms with Crippen molar-refractivity contribution in [2.45, 2.75) is 5.92 Å². The van der Waals surface area contributed by atoms with Crippen LogP contribution in [0.15, 0.2) is 76.9 Å². The number of allylic oxidation sites excluding steroid dienone is 5. The number of benzene rings is 1. The number of hydrogen-bond acceptors (Lipinski definition) is 8. The van der Waals surface area contributed by atoms with E-state index in [2.05, 4.69) is 0 Å². The van der Waals surface area contributed by atoms with E-state index in [-0.39, 0.29) is 16.7 Å². The summed E-state index contributed by atoms with van der Waals surface area (Å²) in [6, 6.07) is 7.30. The Labute approximate surface area is 195 Å². The van der Waals surface area contributed by atoms with Crippen molar-refractivity contribution in [3.8, 4) is 0 Å². The number of carbonyl (C=O) groups excluding carboxylic acids is 4. The molecule has 4 rings (SSSR count). The van der Waals surface area contributed by atoms with E-state index in [1.54, 1.807) is 30.4 Å². The van der Waals surface area contributed by atoms with Crippen molar-refractivity contribution in [3.05, 3.63) is 88.1 Å². The number of hydrogen-bond donors (Lipinski definition) is 0. The highest BCUT2D eigenvalue weighted by molar-refractivity contribution is 6.14. The van der Waals surface area contributed by atoms with Crippen LogP contribution in [0.4, 0.5) is 0 Å². The number of fused-ring (bicyclic) bond motifs is 3. The molecule has 2 atom stereocenters. The molecule has 0 saturated heterocycles. The molecule has 0 N–H and O–H groups in total. The van der Waals surface area contributed by atoms with Gasteiger partial charge in [0.15, 0.2) is 0 Å². The van der Waals surface area contributed by atoms with Gasteiger partial charge in [-0.1, -0.05) is 48.6 Å². The lowest BCUT2D eigenvalue weighted by Gasteiger charge is -2.35. The SMILES string of the molecule is COC(=O)/C=C(\C(=O)OC)[C@@]12C3=CC=CC=C1c1ccccc1[C@@H]2C(C(=O)OC)=C3C(=O)OC. The molecular formula is C26H22O8. The van der Waals surface area contributed by atoms with E-state index in [4.69, 9.17) is 18.9 Å². The van der Waals surface area contributed by atoms with Crippen LogP contribution in [0.25, 0.3) is 5.57 Å². The second-order valence-corrected chi connectivity index (χ2v) is 7.72. The molecule has 1 aromatic carbocycles. The Balaban J connectivity index is 2.22. The van der Waals surface area contributed by atoms with Gasteiger partial charge in [-0.2, -0.15) is 0 Å². The average molecular weight is 462 g/mol. The van der Waals surface area contributed by atoms with Gasteiger partial charge in [-0.05, 0) is 22.3 Å². The summed E-state index contributed by atoms with van der Waals surface area (Å²) in [4.78, 5) is 52.0. The van der Waals surface area contributed by atoms with Crippen molar-refractivity contribution in [2.75, 3.05) is 28.4 Å². The molecule has 0 aliphatic heterocycles. The maximum absolute atomic E-state index is 13.3. The van der Waals surface area contributed by atoms with Gasteiger partial charge in [0.2, 0.25) is 0 Å². The molecule has 3 aliphatic carbocycles. The first-order chi connectivity index (χ1) is 16.4. The third-order valence-electron chi connectivity index (χ3n) is 6.40. The lowest BCUT2D eigenvalue weighted by Crippen LogP contribution is -2.33. The highest BCUT2D eigenvalue weighted by Gasteiger charge is 2.65. The third-order valence-corrected chi connectivity index (χ3v) is 6.40. The maximum atomic E-state index is 13.3. The van der Waals surface area contributed by atoms with Crippen LogP contribution in [0.1, 0.15) is 17.0 Å². The third kappa shape index (κ3) is 2.98. The molecule has 0 aromatic heterocycles. The Bertz CT molecular complexity index is 1270. The summed E-state index contributed by atoms with van der Waals surface area (Å²) in [5.74, 6) is -3.98. The molecule has 0 radical (unpaired) electrons. The van der Waals surface area contributed by atoms with Crippen LogP contribution >= 0.6 is 0 Å². The molecule has 0 bridgehead atoms. The molecule has 1 aromatic rings. The van der Waals surface area contributed by atoms with Gasteiger partial charge in [-0.15, -0.1) is 0 Å². The Morgan fingerprint density at radius 2 is 1.47 bits per heavy atom. The van der Waals surface area contributed by atoms with Crippen LogP contribution in [0.5, 0.6) is 0 Å². The fourth-order valence-corrected chi connectivity index (χ4v) is 5.21. The van der Waals surface area contributed by atoms with Gasteiger partial charge in [-0.25, -0.2) is 19.2 Å². The number of esters is 4. The molecule has 174 valence electrons. The van der Waals surface area contributed by atoms with Gasteiger partial charge >= 0.3 is 23.9 Å². The highest BCUT2D eigenvalue weighted by Crippen LogP contribution is 2.71. The fourth-order valence-electron chi connectivity index (χ4n) is 5.21. The predicted molar refractivity (Wildman–Crippen MR) is 120 cm³/mol. The molecule has 0 fully saturated rings. The highest BCUT2D eigenvalue weighted by atomic mass is 16.5. The van der Waals surface area contributed by atoms with Crippen molar-refractivity contribution in [1.82, 2.24) is 0 Å². The Morgan fingerprint density at radius 3 is 2.09 bits per heavy atom. The van der Waals surface area contributed by atoms with E-state index in [1.165, 1.54) is 28.4 Å². The molecule has 0 amide bonds. The second-order valence-electron chi connectivity index (χ2n) is 7.72. The number of rotatable bonds is 5. The molecule has 0 saturated carbocycles. The first-order valence-electron chi connectivity index (χ1n) is 10.4. The van der Waals surface area contributed by atoms with Crippen LogP contribution in [0.3, 0.4) is 0 Å². The lowest BCUT2D eigenvalue weighted by atomic mass is 9.65. The van der Waals surface area contributed by atoms with E-state index < -0.39 is 35.2 Å². The van der Waals surface area contributed by atoms with Gasteiger partial charge < -0.3 is 18.9 Å². The van der Waals surface area contributed by atoms with Crippen molar-refractivity contribution in [2.24, 2.45) is 5.41 Å². The lowest BCUT2D eigenvalue weighted by molar-refractivity contribution is -0.139. The van der Waals surface area contributed by atoms with Gasteiger partial charge in [-0.3, -0.25) is 0 Å². The van der Waals surface area contributed by atoms with Crippen molar-refractivity contribution >= 4 is 29.5 Å². The standard InChI is InChI=1S/C26H22O8/c1-31-19(27)13-18(23(28)32-2)26-16-11-7-8-12-17(26)20(24(29)33-3)21(25(30)34-4)22(26)15-10-6-5-9-14(15)16/h5-13,22H,1-4H3/b18-13+/t22-,26+/m1/s1. The minimum absolute atomic E-state index is 0.0222. The van der Waals surface area contributed by atoms with Gasteiger partial charge in [0.25, 0.3) is 0 Å². The van der Waals surface area contributed by atoms with Crippen molar-refractivity contribution in [3.63, 3.8) is 0 Å². The zero-order valence-electron chi connectivity index (χ0n) is 19.0. The van der Waals surface area contributed by atoms with E-state index in [0.29, 0.717) is 16.7 Å². The molecule has 0 unspecified atom stereocenters. The average Bonchev–Trinajstić information content (AvgIpc) is 3.21. The topological polar surface area (TPSA) is 105 Å². The van der Waals surface area contributed by atoms with Gasteiger partial charge in [0.05, 0.1) is 50.6 Å². The maximum Gasteiger partial charge on any atom is 0.338 e. The Hall–Kier alpha value is -4.20. The smallest absolute Gasteiger partial charge is 0.338 e. The van der Waals surface area contributed by atoms with E-state index in [9.17, 15) is 19.2 Å². The number of methoxy groups -OCH3 is 4. The van der Waals surface area contributed by atoms with Crippen molar-refractivity contribution < 1.29 is 38.1 Å². The largest absolute Gasteiger partial charge is 0.466 e. The summed E-state index contributed by atoms with van der Waals surface area (Å²) in [5, 5.41) is 0. The molecular weight excluding hydrogens is 440 g/mol. The van der Waals surface area contributed by atoms with Crippen LogP contribution in [0, 0.1) is 5.41 Å². The predicted octanol–water partition coefficient (Wildman–Crippen LogP) is 2.58. The molecule has 0 spiro atoms. The van der Waals surface area contributed by atoms with Crippen molar-refractivity contribution in [1.29, 1.82) is 0 Å². The summed E-state index contributed by atoms with van der Waals surface area (Å²) in [6.45, 7) is 0. The fraction of sp³-hybridized carbons (Fsp3) is 0.231. The van der Waals surface area contributed by atoms with Crippen LogP contribution < -0.4 is 0 Å². The number of ether oxygens (including phenoxy) is 4. The summed E-state index contributed by atoms with van der Waals surface area (Å²) in [6.07, 6.45) is 7.94. The van der Waals surface area contributed by atoms with Gasteiger partial charge in [0.1, 0.15) is 0 Å². The summed E-state index contributed by atoms with van der Waals surface area (Å²) >= 11 is 0. The van der Waals surface area contributed by atoms with E-state index in [1.807, 2.05) is 18.2 Å². The summed E-state index contributed by atoms with van der Waals surface area (Å²) in [5.41, 5.74) is 0.878. The van der Waals surface area contributed by atoms with E-state index in [0.717, 1.165) is 11.6 Å². The monoisotopic (exact) mass is 462 g/mol. The first kappa shape index (κ1) is 23.0. The van der Waals surface area contributed by atoms with E-state index >= 15 is 0 Å². The normalized spacial score (nSPS) is 22.1. The second kappa shape index (κ2) is 8.62. The van der Waals surface area contributed by atoms with Crippen LogP contribution in [-0.4, -0.2) is 52.3 Å². The van der Waals surface area contributed by atoms with Gasteiger partial charge in [0, 0.05) is 12.0 Å². The molecule has 0 heterocycles. The zero-order chi connectivity index (χ0) is 24.6. The molecule has 3 aliphatic rings. The minimum Gasteiger partial charge on any atom is -0.466 e. The zero-order valence-corrected chi connectivity index (χ0v) is 19.0. The first-order valence-corrected chi connectivity index (χ1v) is 10.4. The summed E-state index contributed by atoms with van der Waals surface area (Å²) in [7, 11) is 4.79. The minimum atomic E-state index is -1.44. The van der Waals surface area contributed by atoms with Crippen LogP contribution in [-0.2, 0) is 38.1 Å². The Kier molecular flexibility index (Phi) is 5.83. The Morgan fingerprint density at radius 1 is 0.824 bits per heavy atom. The summed E-state index contributed by atoms with van der Waals surface area (Å²) < 4.78 is 20.0. The molecule has 8 nitrogen and oxygen atoms in total. The molecule has 34 heavy (non-hydrogen) atoms. The quantitative estimate of drug-likeness (QED) is 0.374. The number of carbonyl (C=O) groups is 4. The van der Waals surface area contributed by atoms with Crippen LogP contribution in [0.2, 0.25) is 0 Å².